The average molecular weight is 278 g/mol. The molecule has 0 aromatic rings. The smallest absolute Gasteiger partial charge is 0.122 e. The minimum atomic E-state index is -0.795. The number of nitrogens with zero attached hydrogens (tertiary/aromatic N) is 2. The van der Waals surface area contributed by atoms with Crippen LogP contribution >= 0.6 is 0 Å². The molecule has 0 bridgehead atoms. The molecule has 0 radical (unpaired) electrons. The van der Waals surface area contributed by atoms with Crippen LogP contribution in [0.5, 0.6) is 0 Å². The Morgan fingerprint density at radius 1 is 0.947 bits per heavy atom. The van der Waals surface area contributed by atoms with Crippen LogP contribution < -0.4 is 0 Å². The van der Waals surface area contributed by atoms with Gasteiger partial charge in [-0.1, -0.05) is 40.0 Å². The van der Waals surface area contributed by atoms with E-state index >= 15 is 0 Å². The highest BCUT2D eigenvalue weighted by atomic mass is 16.6. The molecule has 2 heterocycles. The molecule has 5 heteroatoms. The fourth-order valence-electron chi connectivity index (χ4n) is 1.12. The molecule has 19 heavy (non-hydrogen) atoms. The van der Waals surface area contributed by atoms with Crippen molar-refractivity contribution in [2.45, 2.75) is 68.9 Å². The van der Waals surface area contributed by atoms with E-state index in [1.54, 1.807) is 13.8 Å². The number of oxime groups is 2. The third-order valence-corrected chi connectivity index (χ3v) is 2.09. The van der Waals surface area contributed by atoms with Gasteiger partial charge in [-0.05, 0) is 20.8 Å². The highest BCUT2D eigenvalue weighted by molar-refractivity contribution is 5.91. The van der Waals surface area contributed by atoms with Gasteiger partial charge in [0.05, 0.1) is 11.4 Å². The first kappa shape index (κ1) is 26.5. The number of rotatable bonds is 1. The molecule has 0 unspecified atom stereocenters. The number of hydrogen-bond donors (Lipinski definition) is 1. The highest BCUT2D eigenvalue weighted by Gasteiger charge is 2.24. The maximum Gasteiger partial charge on any atom is 0.122 e. The summed E-state index contributed by atoms with van der Waals surface area (Å²) in [6.07, 6.45) is 1.77. The molecule has 0 amide bonds. The van der Waals surface area contributed by atoms with Crippen molar-refractivity contribution >= 4 is 11.4 Å². The van der Waals surface area contributed by atoms with Gasteiger partial charge in [0, 0.05) is 12.8 Å². The van der Waals surface area contributed by atoms with Crippen LogP contribution in [0.15, 0.2) is 10.3 Å². The fraction of sp³-hybridized carbons (Fsp3) is 0.857. The van der Waals surface area contributed by atoms with Gasteiger partial charge < -0.3 is 14.8 Å². The summed E-state index contributed by atoms with van der Waals surface area (Å²) in [6.45, 7) is 6.78. The minimum absolute atomic E-state index is 0. The van der Waals surface area contributed by atoms with Crippen LogP contribution in [0.2, 0.25) is 0 Å². The van der Waals surface area contributed by atoms with Gasteiger partial charge in [-0.25, -0.2) is 0 Å². The molecular weight excluding hydrogens is 244 g/mol. The second-order valence-corrected chi connectivity index (χ2v) is 4.09. The molecule has 0 saturated heterocycles. The van der Waals surface area contributed by atoms with Crippen LogP contribution in [-0.4, -0.2) is 35.3 Å². The standard InChI is InChI=1S/C6H11NO2.C4H7NO.4CH4/c1-6(2,8)5-3-4-9-7-5;1-4-2-3-6-5-4;;;;/h8H,3-4H2,1-2H3;2-3H2,1H3;4*1H4. The fourth-order valence-corrected chi connectivity index (χ4v) is 1.12. The summed E-state index contributed by atoms with van der Waals surface area (Å²) in [5.41, 5.74) is 1.05. The highest BCUT2D eigenvalue weighted by Crippen LogP contribution is 2.12. The van der Waals surface area contributed by atoms with Crippen LogP contribution in [0.3, 0.4) is 0 Å². The third kappa shape index (κ3) is 10.5. The van der Waals surface area contributed by atoms with E-state index in [-0.39, 0.29) is 29.7 Å². The SMILES string of the molecule is C.C.C.C.CC(C)(O)C1=NOCC1.CC1=NOCC1. The molecule has 0 fully saturated rings. The first-order valence-corrected chi connectivity index (χ1v) is 5.07. The van der Waals surface area contributed by atoms with Gasteiger partial charge in [-0.15, -0.1) is 0 Å². The van der Waals surface area contributed by atoms with Crippen molar-refractivity contribution in [1.29, 1.82) is 0 Å². The van der Waals surface area contributed by atoms with Crippen molar-refractivity contribution in [2.75, 3.05) is 13.2 Å². The van der Waals surface area contributed by atoms with Gasteiger partial charge >= 0.3 is 0 Å². The zero-order valence-electron chi connectivity index (χ0n) is 9.49. The van der Waals surface area contributed by atoms with Gasteiger partial charge in [0.1, 0.15) is 18.8 Å². The number of hydrogen-bond acceptors (Lipinski definition) is 5. The molecule has 0 atom stereocenters. The first-order chi connectivity index (χ1) is 7.00. The molecule has 118 valence electrons. The summed E-state index contributed by atoms with van der Waals surface area (Å²) in [6, 6.07) is 0. The quantitative estimate of drug-likeness (QED) is 0.792. The van der Waals surface area contributed by atoms with E-state index in [0.29, 0.717) is 6.61 Å². The average Bonchev–Trinajstić information content (AvgIpc) is 2.73. The third-order valence-electron chi connectivity index (χ3n) is 2.09. The normalized spacial score (nSPS) is 15.4. The molecular formula is C14H34N2O3. The molecule has 0 saturated carbocycles. The lowest BCUT2D eigenvalue weighted by Crippen LogP contribution is -2.29. The molecule has 2 aliphatic rings. The monoisotopic (exact) mass is 278 g/mol. The maximum atomic E-state index is 9.31. The van der Waals surface area contributed by atoms with Gasteiger partial charge in [-0.3, -0.25) is 0 Å². The Labute approximate surface area is 119 Å². The predicted molar refractivity (Wildman–Crippen MR) is 84.9 cm³/mol. The van der Waals surface area contributed by atoms with E-state index < -0.39 is 5.60 Å². The van der Waals surface area contributed by atoms with E-state index in [2.05, 4.69) is 15.1 Å². The Balaban J connectivity index is -0.000000102. The molecule has 0 spiro atoms. The molecule has 0 aromatic carbocycles. The van der Waals surface area contributed by atoms with Crippen LogP contribution in [0.4, 0.5) is 0 Å². The molecule has 2 rings (SSSR count). The van der Waals surface area contributed by atoms with Crippen molar-refractivity contribution in [1.82, 2.24) is 0 Å². The van der Waals surface area contributed by atoms with Crippen molar-refractivity contribution < 1.29 is 14.8 Å². The lowest BCUT2D eigenvalue weighted by atomic mass is 10.0. The maximum absolute atomic E-state index is 9.31. The largest absolute Gasteiger partial charge is 0.395 e. The molecule has 2 aliphatic heterocycles. The summed E-state index contributed by atoms with van der Waals surface area (Å²) in [5.74, 6) is 0. The van der Waals surface area contributed by atoms with E-state index in [0.717, 1.165) is 30.9 Å². The number of aliphatic hydroxyl groups is 1. The summed E-state index contributed by atoms with van der Waals surface area (Å²) >= 11 is 0. The lowest BCUT2D eigenvalue weighted by molar-refractivity contribution is 0.147. The van der Waals surface area contributed by atoms with Crippen molar-refractivity contribution in [3.63, 3.8) is 0 Å². The predicted octanol–water partition coefficient (Wildman–Crippen LogP) is 3.86. The van der Waals surface area contributed by atoms with Crippen LogP contribution in [0.1, 0.15) is 63.3 Å². The summed E-state index contributed by atoms with van der Waals surface area (Å²) in [7, 11) is 0. The second-order valence-electron chi connectivity index (χ2n) is 4.09. The van der Waals surface area contributed by atoms with E-state index in [1.807, 2.05) is 6.92 Å². The van der Waals surface area contributed by atoms with Crippen LogP contribution in [-0.2, 0) is 9.68 Å². The van der Waals surface area contributed by atoms with Gasteiger partial charge in [0.2, 0.25) is 0 Å². The minimum Gasteiger partial charge on any atom is -0.395 e. The lowest BCUT2D eigenvalue weighted by Gasteiger charge is -2.14. The van der Waals surface area contributed by atoms with Gasteiger partial charge in [0.15, 0.2) is 0 Å². The Kier molecular flexibility index (Phi) is 16.7. The Morgan fingerprint density at radius 2 is 1.42 bits per heavy atom. The second kappa shape index (κ2) is 12.0. The summed E-state index contributed by atoms with van der Waals surface area (Å²) in [5, 5.41) is 16.6. The van der Waals surface area contributed by atoms with Crippen molar-refractivity contribution in [2.24, 2.45) is 10.3 Å². The first-order valence-electron chi connectivity index (χ1n) is 5.07. The zero-order valence-corrected chi connectivity index (χ0v) is 9.49. The van der Waals surface area contributed by atoms with Gasteiger partial charge in [-0.2, -0.15) is 0 Å². The van der Waals surface area contributed by atoms with Crippen LogP contribution in [0, 0.1) is 0 Å². The Morgan fingerprint density at radius 3 is 1.58 bits per heavy atom. The summed E-state index contributed by atoms with van der Waals surface area (Å²) in [4.78, 5) is 9.36. The molecule has 0 aliphatic carbocycles. The van der Waals surface area contributed by atoms with E-state index in [4.69, 9.17) is 4.84 Å². The van der Waals surface area contributed by atoms with E-state index in [1.165, 1.54) is 0 Å². The van der Waals surface area contributed by atoms with Crippen molar-refractivity contribution in [3.05, 3.63) is 0 Å². The van der Waals surface area contributed by atoms with Gasteiger partial charge in [0.25, 0.3) is 0 Å². The zero-order chi connectivity index (χ0) is 11.3. The van der Waals surface area contributed by atoms with E-state index in [9.17, 15) is 5.11 Å². The molecule has 1 N–H and O–H groups in total. The molecule has 0 aromatic heterocycles. The Bertz CT molecular complexity index is 268. The summed E-state index contributed by atoms with van der Waals surface area (Å²) < 4.78 is 0. The van der Waals surface area contributed by atoms with Crippen LogP contribution in [0.25, 0.3) is 0 Å². The Hall–Kier alpha value is -1.10. The molecule has 5 nitrogen and oxygen atoms in total. The van der Waals surface area contributed by atoms with Crippen molar-refractivity contribution in [3.8, 4) is 0 Å². The topological polar surface area (TPSA) is 63.4 Å².